The largest absolute Gasteiger partial charge is 0.511 e. The number of fused-ring (bicyclic) bond motifs is 3. The van der Waals surface area contributed by atoms with Crippen LogP contribution in [0, 0.1) is 10.8 Å². The van der Waals surface area contributed by atoms with Gasteiger partial charge in [0.15, 0.2) is 17.2 Å². The lowest BCUT2D eigenvalue weighted by Gasteiger charge is -2.56. The maximum absolute atomic E-state index is 13.5. The van der Waals surface area contributed by atoms with Crippen molar-refractivity contribution in [1.82, 2.24) is 0 Å². The van der Waals surface area contributed by atoms with Crippen LogP contribution >= 0.6 is 0 Å². The zero-order valence-electron chi connectivity index (χ0n) is 18.0. The summed E-state index contributed by atoms with van der Waals surface area (Å²) in [5.41, 5.74) is -3.84. The molecule has 1 aromatic carbocycles. The smallest absolute Gasteiger partial charge is 0.209 e. The minimum absolute atomic E-state index is 0.0685. The number of rotatable bonds is 2. The molecule has 7 nitrogen and oxygen atoms in total. The van der Waals surface area contributed by atoms with Crippen molar-refractivity contribution in [2.45, 2.75) is 59.0 Å². The molecule has 3 aliphatic carbocycles. The van der Waals surface area contributed by atoms with E-state index in [9.17, 15) is 34.8 Å². The van der Waals surface area contributed by atoms with E-state index in [-0.39, 0.29) is 29.7 Å². The number of aliphatic hydroxyl groups is 3. The molecule has 0 bridgehead atoms. The molecule has 31 heavy (non-hydrogen) atoms. The molecule has 0 aliphatic heterocycles. The van der Waals surface area contributed by atoms with Crippen molar-refractivity contribution < 1.29 is 34.8 Å². The van der Waals surface area contributed by atoms with Gasteiger partial charge in [0.2, 0.25) is 5.78 Å². The fourth-order valence-corrected chi connectivity index (χ4v) is 6.05. The predicted molar refractivity (Wildman–Crippen MR) is 111 cm³/mol. The molecule has 4 rings (SSSR count). The SMILES string of the molecule is CCc1ccc(O)c2c1C[C@@]1(C)C[C@@]3(C)CC(O)=C(C(C)=O)C(=O)[C@@]3(O)C(O)=C1C2=O. The molecule has 0 radical (unpaired) electrons. The second kappa shape index (κ2) is 6.29. The third-order valence-corrected chi connectivity index (χ3v) is 7.38. The Morgan fingerprint density at radius 3 is 2.32 bits per heavy atom. The van der Waals surface area contributed by atoms with Crippen molar-refractivity contribution in [2.24, 2.45) is 10.8 Å². The van der Waals surface area contributed by atoms with Gasteiger partial charge < -0.3 is 20.4 Å². The van der Waals surface area contributed by atoms with Crippen LogP contribution < -0.4 is 0 Å². The first-order valence-electron chi connectivity index (χ1n) is 10.3. The van der Waals surface area contributed by atoms with Crippen molar-refractivity contribution in [3.05, 3.63) is 51.5 Å². The molecule has 0 fully saturated rings. The minimum Gasteiger partial charge on any atom is -0.511 e. The molecule has 1 aromatic rings. The minimum atomic E-state index is -2.53. The Morgan fingerprint density at radius 2 is 1.74 bits per heavy atom. The fraction of sp³-hybridized carbons (Fsp3) is 0.458. The summed E-state index contributed by atoms with van der Waals surface area (Å²) in [7, 11) is 0. The summed E-state index contributed by atoms with van der Waals surface area (Å²) in [6.45, 7) is 6.38. The summed E-state index contributed by atoms with van der Waals surface area (Å²) < 4.78 is 0. The van der Waals surface area contributed by atoms with E-state index in [2.05, 4.69) is 0 Å². The highest BCUT2D eigenvalue weighted by Crippen LogP contribution is 2.62. The van der Waals surface area contributed by atoms with Crippen LogP contribution in [0.25, 0.3) is 0 Å². The lowest BCUT2D eigenvalue weighted by Crippen LogP contribution is -2.63. The number of aromatic hydroxyl groups is 1. The highest BCUT2D eigenvalue weighted by molar-refractivity contribution is 6.25. The third-order valence-electron chi connectivity index (χ3n) is 7.38. The lowest BCUT2D eigenvalue weighted by molar-refractivity contribution is -0.158. The summed E-state index contributed by atoms with van der Waals surface area (Å²) in [5.74, 6) is -3.91. The first kappa shape index (κ1) is 21.3. The number of phenols is 1. The van der Waals surface area contributed by atoms with Gasteiger partial charge in [0.1, 0.15) is 22.8 Å². The van der Waals surface area contributed by atoms with Gasteiger partial charge in [-0.1, -0.05) is 26.8 Å². The van der Waals surface area contributed by atoms with Crippen molar-refractivity contribution >= 4 is 17.3 Å². The standard InChI is InChI=1S/C24H26O7/c1-5-12-6-7-14(26)17-13(12)8-22(3)10-23(4)9-15(27)16(11(2)25)20(29)24(23,31)21(30)18(22)19(17)28/h6-7,26-27,30-31H,5,8-10H2,1-4H3/t22-,23+,24+/m0/s1. The van der Waals surface area contributed by atoms with Crippen molar-refractivity contribution in [1.29, 1.82) is 0 Å². The van der Waals surface area contributed by atoms with Gasteiger partial charge in [-0.2, -0.15) is 0 Å². The Morgan fingerprint density at radius 1 is 1.10 bits per heavy atom. The molecule has 4 N–H and O–H groups in total. The quantitative estimate of drug-likeness (QED) is 0.534. The van der Waals surface area contributed by atoms with Crippen molar-refractivity contribution in [3.8, 4) is 5.75 Å². The van der Waals surface area contributed by atoms with E-state index in [1.807, 2.05) is 6.92 Å². The van der Waals surface area contributed by atoms with E-state index >= 15 is 0 Å². The van der Waals surface area contributed by atoms with Crippen LogP contribution in [0.5, 0.6) is 5.75 Å². The number of Topliss-reactive ketones (excluding diaryl/α,β-unsaturated/α-hetero) is 3. The number of allylic oxidation sites excluding steroid dienone is 2. The molecule has 0 saturated heterocycles. The van der Waals surface area contributed by atoms with Gasteiger partial charge in [-0.05, 0) is 43.4 Å². The number of hydrogen-bond acceptors (Lipinski definition) is 7. The highest BCUT2D eigenvalue weighted by Gasteiger charge is 2.67. The van der Waals surface area contributed by atoms with Crippen molar-refractivity contribution in [2.75, 3.05) is 0 Å². The van der Waals surface area contributed by atoms with Crippen LogP contribution in [0.1, 0.15) is 62.0 Å². The van der Waals surface area contributed by atoms with Crippen LogP contribution in [0.2, 0.25) is 0 Å². The molecular formula is C24H26O7. The monoisotopic (exact) mass is 426 g/mol. The van der Waals surface area contributed by atoms with Gasteiger partial charge in [-0.15, -0.1) is 0 Å². The fourth-order valence-electron chi connectivity index (χ4n) is 6.05. The van der Waals surface area contributed by atoms with E-state index in [4.69, 9.17) is 0 Å². The number of hydrogen-bond donors (Lipinski definition) is 4. The number of ketones is 3. The van der Waals surface area contributed by atoms with Gasteiger partial charge >= 0.3 is 0 Å². The Bertz CT molecular complexity index is 1140. The number of benzene rings is 1. The molecule has 3 atom stereocenters. The number of aryl methyl sites for hydroxylation is 1. The first-order chi connectivity index (χ1) is 14.3. The van der Waals surface area contributed by atoms with Gasteiger partial charge in [-0.25, -0.2) is 0 Å². The van der Waals surface area contributed by atoms with E-state index in [1.54, 1.807) is 19.9 Å². The number of carbonyl (C=O) groups is 3. The second-order valence-corrected chi connectivity index (χ2v) is 9.57. The lowest BCUT2D eigenvalue weighted by atomic mass is 9.48. The van der Waals surface area contributed by atoms with E-state index < -0.39 is 50.9 Å². The molecule has 3 aliphatic rings. The van der Waals surface area contributed by atoms with Gasteiger partial charge in [0.25, 0.3) is 0 Å². The summed E-state index contributed by atoms with van der Waals surface area (Å²) in [4.78, 5) is 38.7. The first-order valence-corrected chi connectivity index (χ1v) is 10.3. The summed E-state index contributed by atoms with van der Waals surface area (Å²) in [6, 6.07) is 3.19. The molecule has 0 spiro atoms. The maximum atomic E-state index is 13.5. The average molecular weight is 426 g/mol. The Labute approximate surface area is 179 Å². The van der Waals surface area contributed by atoms with Gasteiger partial charge in [0.05, 0.1) is 5.56 Å². The van der Waals surface area contributed by atoms with Crippen LogP contribution in [-0.4, -0.2) is 43.4 Å². The Kier molecular flexibility index (Phi) is 4.33. The predicted octanol–water partition coefficient (Wildman–Crippen LogP) is 3.03. The topological polar surface area (TPSA) is 132 Å². The number of phenolic OH excluding ortho intramolecular Hbond substituents is 1. The van der Waals surface area contributed by atoms with E-state index in [0.29, 0.717) is 18.4 Å². The molecule has 7 heteroatoms. The number of carbonyl (C=O) groups excluding carboxylic acids is 3. The highest BCUT2D eigenvalue weighted by atomic mass is 16.3. The summed E-state index contributed by atoms with van der Waals surface area (Å²) >= 11 is 0. The van der Waals surface area contributed by atoms with Crippen LogP contribution in [0.3, 0.4) is 0 Å². The van der Waals surface area contributed by atoms with Crippen molar-refractivity contribution in [3.63, 3.8) is 0 Å². The van der Waals surface area contributed by atoms with Gasteiger partial charge in [-0.3, -0.25) is 14.4 Å². The Hall–Kier alpha value is -2.93. The van der Waals surface area contributed by atoms with Crippen LogP contribution in [0.15, 0.2) is 34.8 Å². The molecule has 0 aromatic heterocycles. The Balaban J connectivity index is 2.03. The molecular weight excluding hydrogens is 400 g/mol. The van der Waals surface area contributed by atoms with E-state index in [0.717, 1.165) is 12.5 Å². The van der Waals surface area contributed by atoms with Crippen LogP contribution in [-0.2, 0) is 22.4 Å². The van der Waals surface area contributed by atoms with Crippen LogP contribution in [0.4, 0.5) is 0 Å². The average Bonchev–Trinajstić information content (AvgIpc) is 2.64. The number of aliphatic hydroxyl groups excluding tert-OH is 2. The molecule has 0 amide bonds. The molecule has 0 saturated carbocycles. The molecule has 0 heterocycles. The van der Waals surface area contributed by atoms with E-state index in [1.165, 1.54) is 6.07 Å². The summed E-state index contributed by atoms with van der Waals surface area (Å²) in [6.07, 6.45) is 0.872. The molecule has 0 unspecified atom stereocenters. The zero-order chi connectivity index (χ0) is 23.1. The third kappa shape index (κ3) is 2.47. The summed E-state index contributed by atoms with van der Waals surface area (Å²) in [5, 5.41) is 43.7. The molecule has 164 valence electrons. The normalized spacial score (nSPS) is 32.5. The zero-order valence-corrected chi connectivity index (χ0v) is 18.0. The van der Waals surface area contributed by atoms with Gasteiger partial charge in [0, 0.05) is 22.8 Å². The second-order valence-electron chi connectivity index (χ2n) is 9.57. The maximum Gasteiger partial charge on any atom is 0.209 e.